The third-order valence-corrected chi connectivity index (χ3v) is 2.28. The molecule has 2 aliphatic rings. The van der Waals surface area contributed by atoms with Crippen molar-refractivity contribution < 1.29 is 9.59 Å². The summed E-state index contributed by atoms with van der Waals surface area (Å²) in [6.45, 7) is 0.469. The summed E-state index contributed by atoms with van der Waals surface area (Å²) in [6, 6.07) is 0. The summed E-state index contributed by atoms with van der Waals surface area (Å²) in [6.07, 6.45) is 3.34. The first-order valence-electron chi connectivity index (χ1n) is 3.05. The maximum atomic E-state index is 11.0. The summed E-state index contributed by atoms with van der Waals surface area (Å²) < 4.78 is 0. The van der Waals surface area contributed by atoms with Gasteiger partial charge >= 0.3 is 5.91 Å². The Morgan fingerprint density at radius 2 is 2.36 bits per heavy atom. The summed E-state index contributed by atoms with van der Waals surface area (Å²) in [5.74, 6) is -0.460. The van der Waals surface area contributed by atoms with E-state index < -0.39 is 11.0 Å². The molecule has 0 bridgehead atoms. The molecule has 11 heavy (non-hydrogen) atoms. The van der Waals surface area contributed by atoms with Crippen LogP contribution in [-0.2, 0) is 9.59 Å². The Labute approximate surface area is 67.0 Å². The molecule has 1 fully saturated rings. The monoisotopic (exact) mass is 168 g/mol. The van der Waals surface area contributed by atoms with Crippen molar-refractivity contribution in [1.82, 2.24) is 4.90 Å². The van der Waals surface area contributed by atoms with Crippen LogP contribution in [0.1, 0.15) is 0 Å². The van der Waals surface area contributed by atoms with Gasteiger partial charge in [0.15, 0.2) is 5.17 Å². The topological polar surface area (TPSA) is 49.7 Å². The average molecular weight is 168 g/mol. The molecule has 0 radical (unpaired) electrons. The van der Waals surface area contributed by atoms with Gasteiger partial charge in [0.2, 0.25) is 0 Å². The van der Waals surface area contributed by atoms with Gasteiger partial charge in [0.25, 0.3) is 5.12 Å². The zero-order valence-corrected chi connectivity index (χ0v) is 6.30. The van der Waals surface area contributed by atoms with Crippen molar-refractivity contribution in [3.8, 4) is 0 Å². The van der Waals surface area contributed by atoms with Crippen LogP contribution in [0, 0.1) is 0 Å². The quantitative estimate of drug-likeness (QED) is 0.477. The fourth-order valence-electron chi connectivity index (χ4n) is 0.905. The van der Waals surface area contributed by atoms with Gasteiger partial charge in [-0.3, -0.25) is 14.5 Å². The highest BCUT2D eigenvalue weighted by Gasteiger charge is 2.36. The van der Waals surface area contributed by atoms with E-state index >= 15 is 0 Å². The van der Waals surface area contributed by atoms with Gasteiger partial charge in [-0.2, -0.15) is 0 Å². The van der Waals surface area contributed by atoms with Crippen LogP contribution in [0.3, 0.4) is 0 Å². The van der Waals surface area contributed by atoms with Gasteiger partial charge in [0.1, 0.15) is 0 Å². The second kappa shape index (κ2) is 2.20. The highest BCUT2D eigenvalue weighted by molar-refractivity contribution is 8.28. The third-order valence-electron chi connectivity index (χ3n) is 1.41. The van der Waals surface area contributed by atoms with Gasteiger partial charge in [-0.05, 0) is 17.8 Å². The van der Waals surface area contributed by atoms with E-state index in [1.54, 1.807) is 12.3 Å². The Morgan fingerprint density at radius 3 is 3.09 bits per heavy atom. The molecule has 0 aliphatic carbocycles. The van der Waals surface area contributed by atoms with Gasteiger partial charge in [-0.25, -0.2) is 4.99 Å². The minimum atomic E-state index is -0.460. The molecule has 0 aromatic rings. The minimum absolute atomic E-state index is 0.438. The molecule has 1 amide bonds. The fourth-order valence-corrected chi connectivity index (χ4v) is 1.65. The smallest absolute Gasteiger partial charge is 0.279 e. The number of aliphatic imine (C=N–C) groups is 1. The number of hydrogen-bond acceptors (Lipinski definition) is 4. The van der Waals surface area contributed by atoms with Crippen LogP contribution in [0.15, 0.2) is 17.3 Å². The SMILES string of the molecule is O=C1SC2=NC=CCN2C1=O. The molecule has 0 atom stereocenters. The Balaban J connectivity index is 2.37. The molecule has 0 aromatic carbocycles. The number of carbonyl (C=O) groups is 2. The Hall–Kier alpha value is -1.10. The lowest BCUT2D eigenvalue weighted by atomic mass is 10.4. The first-order valence-corrected chi connectivity index (χ1v) is 3.87. The van der Waals surface area contributed by atoms with E-state index in [0.29, 0.717) is 11.7 Å². The fraction of sp³-hybridized carbons (Fsp3) is 0.167. The van der Waals surface area contributed by atoms with E-state index in [2.05, 4.69) is 4.99 Å². The van der Waals surface area contributed by atoms with E-state index in [1.807, 2.05) is 0 Å². The summed E-state index contributed by atoms with van der Waals surface area (Å²) in [4.78, 5) is 27.0. The number of carbonyl (C=O) groups excluding carboxylic acids is 2. The average Bonchev–Trinajstić information content (AvgIpc) is 2.30. The number of rotatable bonds is 0. The van der Waals surface area contributed by atoms with E-state index in [9.17, 15) is 9.59 Å². The summed E-state index contributed by atoms with van der Waals surface area (Å²) >= 11 is 0.894. The van der Waals surface area contributed by atoms with Crippen LogP contribution >= 0.6 is 11.8 Å². The third kappa shape index (κ3) is 0.883. The van der Waals surface area contributed by atoms with E-state index in [4.69, 9.17) is 0 Å². The van der Waals surface area contributed by atoms with E-state index in [1.165, 1.54) is 4.90 Å². The summed E-state index contributed by atoms with van der Waals surface area (Å²) in [5, 5.41) is 0.0648. The van der Waals surface area contributed by atoms with E-state index in [0.717, 1.165) is 11.8 Å². The van der Waals surface area contributed by atoms with Gasteiger partial charge in [-0.1, -0.05) is 0 Å². The Bertz CT molecular complexity index is 295. The zero-order chi connectivity index (χ0) is 7.84. The molecule has 0 unspecified atom stereocenters. The molecule has 5 heteroatoms. The first kappa shape index (κ1) is 6.60. The number of hydrogen-bond donors (Lipinski definition) is 0. The summed E-state index contributed by atoms with van der Waals surface area (Å²) in [5.41, 5.74) is 0. The molecule has 0 N–H and O–H groups in total. The lowest BCUT2D eigenvalue weighted by Gasteiger charge is -2.13. The lowest BCUT2D eigenvalue weighted by molar-refractivity contribution is -0.136. The molecule has 2 rings (SSSR count). The second-order valence-electron chi connectivity index (χ2n) is 2.10. The van der Waals surface area contributed by atoms with Gasteiger partial charge < -0.3 is 0 Å². The predicted molar refractivity (Wildman–Crippen MR) is 40.9 cm³/mol. The molecular weight excluding hydrogens is 164 g/mol. The van der Waals surface area contributed by atoms with Crippen molar-refractivity contribution >= 4 is 28.0 Å². The molecule has 2 heterocycles. The maximum absolute atomic E-state index is 11.0. The standard InChI is InChI=1S/C6H4N2O2S/c9-4-5(10)11-6-7-2-1-3-8(4)6/h1-2H,3H2. The molecule has 4 nitrogen and oxygen atoms in total. The molecule has 0 saturated carbocycles. The zero-order valence-electron chi connectivity index (χ0n) is 5.48. The van der Waals surface area contributed by atoms with Crippen LogP contribution in [0.4, 0.5) is 0 Å². The van der Waals surface area contributed by atoms with Crippen molar-refractivity contribution in [1.29, 1.82) is 0 Å². The minimum Gasteiger partial charge on any atom is -0.279 e. The Morgan fingerprint density at radius 1 is 1.55 bits per heavy atom. The maximum Gasteiger partial charge on any atom is 0.307 e. The number of thioether (sulfide) groups is 1. The van der Waals surface area contributed by atoms with Crippen molar-refractivity contribution in [2.75, 3.05) is 6.54 Å². The van der Waals surface area contributed by atoms with Gasteiger partial charge in [0, 0.05) is 12.7 Å². The Kier molecular flexibility index (Phi) is 1.32. The van der Waals surface area contributed by atoms with Crippen LogP contribution in [0.2, 0.25) is 0 Å². The predicted octanol–water partition coefficient (Wildman–Crippen LogP) is -0.0283. The van der Waals surface area contributed by atoms with Crippen molar-refractivity contribution in [3.63, 3.8) is 0 Å². The van der Waals surface area contributed by atoms with Crippen molar-refractivity contribution in [2.24, 2.45) is 4.99 Å². The molecular formula is C6H4N2O2S. The highest BCUT2D eigenvalue weighted by atomic mass is 32.2. The molecule has 0 spiro atoms. The number of fused-ring (bicyclic) bond motifs is 1. The summed E-state index contributed by atoms with van der Waals surface area (Å²) in [7, 11) is 0. The largest absolute Gasteiger partial charge is 0.307 e. The van der Waals surface area contributed by atoms with Gasteiger partial charge in [-0.15, -0.1) is 0 Å². The molecule has 2 aliphatic heterocycles. The number of nitrogens with zero attached hydrogens (tertiary/aromatic N) is 2. The first-order chi connectivity index (χ1) is 5.29. The van der Waals surface area contributed by atoms with E-state index in [-0.39, 0.29) is 0 Å². The van der Waals surface area contributed by atoms with Crippen molar-refractivity contribution in [3.05, 3.63) is 12.3 Å². The van der Waals surface area contributed by atoms with Crippen molar-refractivity contribution in [2.45, 2.75) is 0 Å². The molecule has 56 valence electrons. The molecule has 1 saturated heterocycles. The van der Waals surface area contributed by atoms with Crippen LogP contribution in [0.5, 0.6) is 0 Å². The van der Waals surface area contributed by atoms with Crippen LogP contribution in [0.25, 0.3) is 0 Å². The normalized spacial score (nSPS) is 22.2. The molecule has 0 aromatic heterocycles. The van der Waals surface area contributed by atoms with Crippen LogP contribution in [-0.4, -0.2) is 27.6 Å². The van der Waals surface area contributed by atoms with Gasteiger partial charge in [0.05, 0.1) is 0 Å². The number of amidine groups is 1. The van der Waals surface area contributed by atoms with Crippen LogP contribution < -0.4 is 0 Å². The highest BCUT2D eigenvalue weighted by Crippen LogP contribution is 2.22. The second-order valence-corrected chi connectivity index (χ2v) is 3.04. The lowest BCUT2D eigenvalue weighted by Crippen LogP contribution is -2.31. The number of amides is 1.